The van der Waals surface area contributed by atoms with Crippen LogP contribution in [0.3, 0.4) is 0 Å². The number of carboxylic acid groups (broad SMARTS) is 1. The van der Waals surface area contributed by atoms with Crippen LogP contribution in [-0.2, 0) is 4.79 Å². The van der Waals surface area contributed by atoms with E-state index < -0.39 is 24.1 Å². The van der Waals surface area contributed by atoms with Crippen molar-refractivity contribution in [3.8, 4) is 5.75 Å². The first kappa shape index (κ1) is 14.6. The van der Waals surface area contributed by atoms with Crippen LogP contribution < -0.4 is 10.5 Å². The molecule has 0 aromatic heterocycles. The van der Waals surface area contributed by atoms with E-state index in [-0.39, 0.29) is 11.4 Å². The zero-order chi connectivity index (χ0) is 13.9. The Morgan fingerprint density at radius 3 is 2.56 bits per heavy atom. The Bertz CT molecular complexity index is 450. The van der Waals surface area contributed by atoms with Crippen LogP contribution in [0.2, 0.25) is 5.02 Å². The minimum Gasteiger partial charge on any atom is -0.481 e. The van der Waals surface area contributed by atoms with Gasteiger partial charge >= 0.3 is 12.3 Å². The number of hydrogen-bond donors (Lipinski definition) is 2. The van der Waals surface area contributed by atoms with Crippen LogP contribution in [0.25, 0.3) is 0 Å². The van der Waals surface area contributed by atoms with E-state index in [0.717, 1.165) is 12.1 Å². The number of benzene rings is 1. The highest BCUT2D eigenvalue weighted by Crippen LogP contribution is 2.32. The molecule has 1 rings (SSSR count). The molecular weight excluding hydrogens is 275 g/mol. The average molecular weight is 284 g/mol. The maximum Gasteiger partial charge on any atom is 0.573 e. The van der Waals surface area contributed by atoms with Crippen molar-refractivity contribution >= 4 is 17.6 Å². The number of carbonyl (C=O) groups is 1. The predicted molar refractivity (Wildman–Crippen MR) is 57.3 cm³/mol. The Balaban J connectivity index is 2.88. The van der Waals surface area contributed by atoms with Gasteiger partial charge < -0.3 is 15.6 Å². The van der Waals surface area contributed by atoms with Crippen LogP contribution in [0.4, 0.5) is 13.2 Å². The first-order valence-corrected chi connectivity index (χ1v) is 5.09. The number of carboxylic acids is 1. The first-order chi connectivity index (χ1) is 8.19. The standard InChI is InChI=1S/C10H9ClF3NO3/c11-6-3-5(7(15)4-9(16)17)1-2-8(6)18-10(12,13)14/h1-3,7H,4,15H2,(H,16,17). The van der Waals surface area contributed by atoms with Gasteiger partial charge in [-0.1, -0.05) is 17.7 Å². The molecular formula is C10H9ClF3NO3. The van der Waals surface area contributed by atoms with Crippen molar-refractivity contribution in [1.82, 2.24) is 0 Å². The lowest BCUT2D eigenvalue weighted by atomic mass is 10.0. The summed E-state index contributed by atoms with van der Waals surface area (Å²) in [6, 6.07) is 2.53. The SMILES string of the molecule is NC(CC(=O)O)c1ccc(OC(F)(F)F)c(Cl)c1. The van der Waals surface area contributed by atoms with Gasteiger partial charge in [-0.2, -0.15) is 0 Å². The second-order valence-electron chi connectivity index (χ2n) is 3.44. The van der Waals surface area contributed by atoms with Crippen LogP contribution >= 0.6 is 11.6 Å². The highest BCUT2D eigenvalue weighted by Gasteiger charge is 2.32. The van der Waals surface area contributed by atoms with Crippen LogP contribution in [0.15, 0.2) is 18.2 Å². The Hall–Kier alpha value is -1.47. The third-order valence-electron chi connectivity index (χ3n) is 2.00. The molecule has 8 heteroatoms. The molecule has 0 heterocycles. The summed E-state index contributed by atoms with van der Waals surface area (Å²) in [7, 11) is 0. The van der Waals surface area contributed by atoms with Crippen molar-refractivity contribution in [2.45, 2.75) is 18.8 Å². The third kappa shape index (κ3) is 4.42. The largest absolute Gasteiger partial charge is 0.573 e. The summed E-state index contributed by atoms with van der Waals surface area (Å²) in [5, 5.41) is 8.25. The molecule has 0 amide bonds. The van der Waals surface area contributed by atoms with Crippen molar-refractivity contribution in [2.75, 3.05) is 0 Å². The van der Waals surface area contributed by atoms with Crippen molar-refractivity contribution < 1.29 is 27.8 Å². The van der Waals surface area contributed by atoms with E-state index in [0.29, 0.717) is 5.56 Å². The summed E-state index contributed by atoms with van der Waals surface area (Å²) in [5.41, 5.74) is 5.86. The fourth-order valence-corrected chi connectivity index (χ4v) is 1.49. The lowest BCUT2D eigenvalue weighted by Gasteiger charge is -2.13. The number of rotatable bonds is 4. The summed E-state index contributed by atoms with van der Waals surface area (Å²) < 4.78 is 39.6. The molecule has 0 aliphatic rings. The summed E-state index contributed by atoms with van der Waals surface area (Å²) in [6.07, 6.45) is -5.19. The molecule has 18 heavy (non-hydrogen) atoms. The van der Waals surface area contributed by atoms with E-state index in [1.165, 1.54) is 6.07 Å². The van der Waals surface area contributed by atoms with E-state index >= 15 is 0 Å². The highest BCUT2D eigenvalue weighted by atomic mass is 35.5. The fraction of sp³-hybridized carbons (Fsp3) is 0.300. The van der Waals surface area contributed by atoms with Crippen LogP contribution in [0.5, 0.6) is 5.75 Å². The monoisotopic (exact) mass is 283 g/mol. The van der Waals surface area contributed by atoms with Crippen molar-refractivity contribution in [2.24, 2.45) is 5.73 Å². The highest BCUT2D eigenvalue weighted by molar-refractivity contribution is 6.32. The summed E-state index contributed by atoms with van der Waals surface area (Å²) in [6.45, 7) is 0. The zero-order valence-corrected chi connectivity index (χ0v) is 9.63. The van der Waals surface area contributed by atoms with E-state index in [1.54, 1.807) is 0 Å². The molecule has 0 aliphatic heterocycles. The number of aliphatic carboxylic acids is 1. The topological polar surface area (TPSA) is 72.6 Å². The second kappa shape index (κ2) is 5.45. The van der Waals surface area contributed by atoms with Gasteiger partial charge in [-0.05, 0) is 17.7 Å². The molecule has 0 fully saturated rings. The molecule has 1 aromatic carbocycles. The van der Waals surface area contributed by atoms with Gasteiger partial charge in [0.2, 0.25) is 0 Å². The minimum atomic E-state index is -4.84. The Kier molecular flexibility index (Phi) is 4.42. The lowest BCUT2D eigenvalue weighted by molar-refractivity contribution is -0.274. The van der Waals surface area contributed by atoms with Gasteiger partial charge in [0, 0.05) is 6.04 Å². The Morgan fingerprint density at radius 1 is 1.50 bits per heavy atom. The first-order valence-electron chi connectivity index (χ1n) is 4.71. The molecule has 4 nitrogen and oxygen atoms in total. The molecule has 0 radical (unpaired) electrons. The van der Waals surface area contributed by atoms with Gasteiger partial charge in [0.15, 0.2) is 0 Å². The molecule has 1 atom stereocenters. The van der Waals surface area contributed by atoms with Crippen molar-refractivity contribution in [3.05, 3.63) is 28.8 Å². The van der Waals surface area contributed by atoms with E-state index in [2.05, 4.69) is 4.74 Å². The summed E-state index contributed by atoms with van der Waals surface area (Å²) in [4.78, 5) is 10.4. The maximum absolute atomic E-state index is 12.0. The number of hydrogen-bond acceptors (Lipinski definition) is 3. The molecule has 1 aromatic rings. The van der Waals surface area contributed by atoms with Gasteiger partial charge in [-0.25, -0.2) is 0 Å². The van der Waals surface area contributed by atoms with Crippen molar-refractivity contribution in [1.29, 1.82) is 0 Å². The van der Waals surface area contributed by atoms with E-state index in [1.807, 2.05) is 0 Å². The molecule has 0 saturated heterocycles. The quantitative estimate of drug-likeness (QED) is 0.891. The van der Waals surface area contributed by atoms with Gasteiger partial charge in [0.1, 0.15) is 5.75 Å². The molecule has 3 N–H and O–H groups in total. The summed E-state index contributed by atoms with van der Waals surface area (Å²) in [5.74, 6) is -1.68. The minimum absolute atomic E-state index is 0.286. The molecule has 0 aliphatic carbocycles. The lowest BCUT2D eigenvalue weighted by Crippen LogP contribution is -2.18. The Labute approximate surface area is 105 Å². The number of ether oxygens (including phenoxy) is 1. The molecule has 0 saturated carbocycles. The van der Waals surface area contributed by atoms with Gasteiger partial charge in [-0.15, -0.1) is 13.2 Å². The van der Waals surface area contributed by atoms with E-state index in [9.17, 15) is 18.0 Å². The normalized spacial score (nSPS) is 13.2. The fourth-order valence-electron chi connectivity index (χ4n) is 1.26. The number of halogens is 4. The maximum atomic E-state index is 12.0. The number of alkyl halides is 3. The molecule has 100 valence electrons. The molecule has 0 bridgehead atoms. The average Bonchev–Trinajstić information content (AvgIpc) is 2.18. The Morgan fingerprint density at radius 2 is 2.11 bits per heavy atom. The number of nitrogens with two attached hydrogens (primary N) is 1. The van der Waals surface area contributed by atoms with Gasteiger partial charge in [-0.3, -0.25) is 4.79 Å². The third-order valence-corrected chi connectivity index (χ3v) is 2.30. The van der Waals surface area contributed by atoms with Crippen LogP contribution in [0, 0.1) is 0 Å². The summed E-state index contributed by atoms with van der Waals surface area (Å²) >= 11 is 5.59. The predicted octanol–water partition coefficient (Wildman–Crippen LogP) is 2.71. The van der Waals surface area contributed by atoms with Crippen molar-refractivity contribution in [3.63, 3.8) is 0 Å². The smallest absolute Gasteiger partial charge is 0.481 e. The van der Waals surface area contributed by atoms with Gasteiger partial charge in [0.25, 0.3) is 0 Å². The zero-order valence-electron chi connectivity index (χ0n) is 8.87. The van der Waals surface area contributed by atoms with Crippen LogP contribution in [0.1, 0.15) is 18.0 Å². The van der Waals surface area contributed by atoms with Crippen LogP contribution in [-0.4, -0.2) is 17.4 Å². The molecule has 0 spiro atoms. The van der Waals surface area contributed by atoms with E-state index in [4.69, 9.17) is 22.4 Å². The van der Waals surface area contributed by atoms with Gasteiger partial charge in [0.05, 0.1) is 11.4 Å². The second-order valence-corrected chi connectivity index (χ2v) is 3.85. The molecule has 1 unspecified atom stereocenters.